The molecule has 0 saturated carbocycles. The predicted molar refractivity (Wildman–Crippen MR) is 75.6 cm³/mol. The third kappa shape index (κ3) is 1.83. The fourth-order valence-electron chi connectivity index (χ4n) is 2.91. The zero-order valence-electron chi connectivity index (χ0n) is 12.2. The lowest BCUT2D eigenvalue weighted by atomic mass is 9.87. The van der Waals surface area contributed by atoms with Gasteiger partial charge in [-0.05, 0) is 5.92 Å². The number of amides is 1. The first kappa shape index (κ1) is 12.9. The number of nitrogens with zero attached hydrogens (tertiary/aromatic N) is 4. The standard InChI is InChI=1S/C14H19N5O/c1-8(2)13-12-9(10-6-15-7-18(10)3)5-11(20)16-14(12)19(4)17-13/h6-9H,5H2,1-4H3,(H,16,20). The maximum atomic E-state index is 12.0. The topological polar surface area (TPSA) is 64.7 Å². The van der Waals surface area contributed by atoms with Crippen LogP contribution in [0, 0.1) is 0 Å². The van der Waals surface area contributed by atoms with Crippen molar-refractivity contribution in [3.8, 4) is 0 Å². The van der Waals surface area contributed by atoms with Crippen molar-refractivity contribution in [2.75, 3.05) is 5.32 Å². The highest BCUT2D eigenvalue weighted by Crippen LogP contribution is 2.40. The van der Waals surface area contributed by atoms with Crippen LogP contribution in [0.2, 0.25) is 0 Å². The first-order valence-corrected chi connectivity index (χ1v) is 6.82. The minimum atomic E-state index is 0.0253. The van der Waals surface area contributed by atoms with Crippen molar-refractivity contribution in [1.29, 1.82) is 0 Å². The lowest BCUT2D eigenvalue weighted by Crippen LogP contribution is -2.25. The second-order valence-electron chi connectivity index (χ2n) is 5.66. The van der Waals surface area contributed by atoms with Crippen molar-refractivity contribution >= 4 is 11.7 Å². The average Bonchev–Trinajstić information content (AvgIpc) is 2.93. The number of fused-ring (bicyclic) bond motifs is 1. The average molecular weight is 273 g/mol. The molecule has 2 aromatic rings. The molecule has 0 bridgehead atoms. The fraction of sp³-hybridized carbons (Fsp3) is 0.500. The van der Waals surface area contributed by atoms with Crippen LogP contribution in [0.15, 0.2) is 12.5 Å². The molecule has 6 nitrogen and oxygen atoms in total. The lowest BCUT2D eigenvalue weighted by molar-refractivity contribution is -0.116. The smallest absolute Gasteiger partial charge is 0.226 e. The van der Waals surface area contributed by atoms with Gasteiger partial charge in [-0.25, -0.2) is 4.98 Å². The summed E-state index contributed by atoms with van der Waals surface area (Å²) in [7, 11) is 3.83. The van der Waals surface area contributed by atoms with Crippen LogP contribution in [-0.2, 0) is 18.9 Å². The van der Waals surface area contributed by atoms with Gasteiger partial charge in [0.05, 0.1) is 12.0 Å². The van der Waals surface area contributed by atoms with Crippen molar-refractivity contribution in [2.45, 2.75) is 32.1 Å². The van der Waals surface area contributed by atoms with E-state index in [0.29, 0.717) is 12.3 Å². The molecule has 1 unspecified atom stereocenters. The van der Waals surface area contributed by atoms with E-state index in [2.05, 4.69) is 29.2 Å². The minimum absolute atomic E-state index is 0.0253. The zero-order valence-corrected chi connectivity index (χ0v) is 12.2. The minimum Gasteiger partial charge on any atom is -0.337 e. The van der Waals surface area contributed by atoms with Crippen LogP contribution in [0.25, 0.3) is 0 Å². The number of anilines is 1. The Morgan fingerprint density at radius 2 is 2.15 bits per heavy atom. The summed E-state index contributed by atoms with van der Waals surface area (Å²) in [6.07, 6.45) is 4.05. The molecule has 0 radical (unpaired) electrons. The summed E-state index contributed by atoms with van der Waals surface area (Å²) >= 11 is 0. The van der Waals surface area contributed by atoms with Gasteiger partial charge in [-0.1, -0.05) is 13.8 Å². The van der Waals surface area contributed by atoms with E-state index in [0.717, 1.165) is 22.8 Å². The number of carbonyl (C=O) groups excluding carboxylic acids is 1. The second kappa shape index (κ2) is 4.47. The van der Waals surface area contributed by atoms with E-state index < -0.39 is 0 Å². The Balaban J connectivity index is 2.20. The van der Waals surface area contributed by atoms with Crippen molar-refractivity contribution < 1.29 is 4.79 Å². The molecule has 1 atom stereocenters. The predicted octanol–water partition coefficient (Wildman–Crippen LogP) is 1.75. The van der Waals surface area contributed by atoms with E-state index in [1.165, 1.54) is 0 Å². The van der Waals surface area contributed by atoms with Crippen LogP contribution < -0.4 is 5.32 Å². The lowest BCUT2D eigenvalue weighted by Gasteiger charge is -2.24. The van der Waals surface area contributed by atoms with Gasteiger partial charge < -0.3 is 9.88 Å². The van der Waals surface area contributed by atoms with Gasteiger partial charge in [0.2, 0.25) is 5.91 Å². The number of aryl methyl sites for hydroxylation is 2. The van der Waals surface area contributed by atoms with E-state index in [9.17, 15) is 4.79 Å². The van der Waals surface area contributed by atoms with Gasteiger partial charge in [0.25, 0.3) is 0 Å². The highest BCUT2D eigenvalue weighted by atomic mass is 16.1. The number of hydrogen-bond donors (Lipinski definition) is 1. The number of imidazole rings is 1. The Morgan fingerprint density at radius 1 is 1.40 bits per heavy atom. The van der Waals surface area contributed by atoms with Gasteiger partial charge in [0.15, 0.2) is 0 Å². The summed E-state index contributed by atoms with van der Waals surface area (Å²) in [6, 6.07) is 0. The Morgan fingerprint density at radius 3 is 2.75 bits per heavy atom. The molecule has 1 aliphatic rings. The number of hydrogen-bond acceptors (Lipinski definition) is 3. The molecule has 0 aromatic carbocycles. The molecular weight excluding hydrogens is 254 g/mol. The molecule has 3 heterocycles. The van der Waals surface area contributed by atoms with Crippen molar-refractivity contribution in [1.82, 2.24) is 19.3 Å². The Labute approximate surface area is 117 Å². The van der Waals surface area contributed by atoms with Crippen LogP contribution in [0.3, 0.4) is 0 Å². The van der Waals surface area contributed by atoms with Crippen LogP contribution in [0.1, 0.15) is 49.1 Å². The van der Waals surface area contributed by atoms with Crippen LogP contribution >= 0.6 is 0 Å². The van der Waals surface area contributed by atoms with Gasteiger partial charge >= 0.3 is 0 Å². The van der Waals surface area contributed by atoms with Crippen molar-refractivity contribution in [3.63, 3.8) is 0 Å². The molecule has 106 valence electrons. The van der Waals surface area contributed by atoms with Gasteiger partial charge in [-0.3, -0.25) is 9.48 Å². The molecule has 6 heteroatoms. The molecule has 0 aliphatic carbocycles. The summed E-state index contributed by atoms with van der Waals surface area (Å²) in [5.74, 6) is 1.19. The maximum Gasteiger partial charge on any atom is 0.226 e. The zero-order chi connectivity index (χ0) is 14.4. The largest absolute Gasteiger partial charge is 0.337 e. The first-order chi connectivity index (χ1) is 9.49. The maximum absolute atomic E-state index is 12.0. The summed E-state index contributed by atoms with van der Waals surface area (Å²) in [5.41, 5.74) is 3.23. The van der Waals surface area contributed by atoms with Crippen LogP contribution in [0.5, 0.6) is 0 Å². The van der Waals surface area contributed by atoms with E-state index in [1.54, 1.807) is 11.0 Å². The molecule has 20 heavy (non-hydrogen) atoms. The molecular formula is C14H19N5O. The van der Waals surface area contributed by atoms with Gasteiger partial charge in [-0.2, -0.15) is 5.10 Å². The van der Waals surface area contributed by atoms with Crippen molar-refractivity contribution in [3.05, 3.63) is 29.5 Å². The van der Waals surface area contributed by atoms with Crippen molar-refractivity contribution in [2.24, 2.45) is 14.1 Å². The summed E-state index contributed by atoms with van der Waals surface area (Å²) in [6.45, 7) is 4.25. The number of nitrogens with one attached hydrogen (secondary N) is 1. The third-order valence-electron chi connectivity index (χ3n) is 3.87. The highest BCUT2D eigenvalue weighted by Gasteiger charge is 2.34. The molecule has 1 amide bonds. The van der Waals surface area contributed by atoms with Gasteiger partial charge in [0, 0.05) is 43.9 Å². The van der Waals surface area contributed by atoms with E-state index >= 15 is 0 Å². The van der Waals surface area contributed by atoms with Crippen LogP contribution in [-0.4, -0.2) is 25.2 Å². The monoisotopic (exact) mass is 273 g/mol. The number of rotatable bonds is 2. The molecule has 3 rings (SSSR count). The molecule has 0 spiro atoms. The van der Waals surface area contributed by atoms with E-state index in [-0.39, 0.29) is 11.8 Å². The SMILES string of the molecule is CC(C)c1nn(C)c2c1C(c1cncn1C)CC(=O)N2. The number of aromatic nitrogens is 4. The van der Waals surface area contributed by atoms with Crippen LogP contribution in [0.4, 0.5) is 5.82 Å². The van der Waals surface area contributed by atoms with E-state index in [1.807, 2.05) is 24.9 Å². The van der Waals surface area contributed by atoms with Gasteiger partial charge in [-0.15, -0.1) is 0 Å². The Hall–Kier alpha value is -2.11. The highest BCUT2D eigenvalue weighted by molar-refractivity contribution is 5.94. The molecule has 1 N–H and O–H groups in total. The summed E-state index contributed by atoms with van der Waals surface area (Å²) < 4.78 is 3.75. The van der Waals surface area contributed by atoms with Gasteiger partial charge in [0.1, 0.15) is 5.82 Å². The second-order valence-corrected chi connectivity index (χ2v) is 5.66. The third-order valence-corrected chi connectivity index (χ3v) is 3.87. The Bertz CT molecular complexity index is 667. The fourth-order valence-corrected chi connectivity index (χ4v) is 2.91. The molecule has 1 aliphatic heterocycles. The molecule has 0 fully saturated rings. The number of carbonyl (C=O) groups is 1. The molecule has 2 aromatic heterocycles. The summed E-state index contributed by atoms with van der Waals surface area (Å²) in [5, 5.41) is 7.53. The Kier molecular flexibility index (Phi) is 2.88. The normalized spacial score (nSPS) is 18.2. The van der Waals surface area contributed by atoms with E-state index in [4.69, 9.17) is 0 Å². The quantitative estimate of drug-likeness (QED) is 0.906. The first-order valence-electron chi connectivity index (χ1n) is 6.82. The molecule has 0 saturated heterocycles. The summed E-state index contributed by atoms with van der Waals surface area (Å²) in [4.78, 5) is 16.2.